The van der Waals surface area contributed by atoms with E-state index >= 15 is 0 Å². The molecule has 3 heterocycles. The summed E-state index contributed by atoms with van der Waals surface area (Å²) in [6, 6.07) is 12.1. The van der Waals surface area contributed by atoms with Gasteiger partial charge in [0.25, 0.3) is 17.7 Å². The molecule has 1 atom stereocenters. The molecule has 1 aliphatic carbocycles. The molecule has 6 rings (SSSR count). The number of amides is 5. The number of hydrogen-bond donors (Lipinski definition) is 3. The maximum absolute atomic E-state index is 13.1. The minimum atomic E-state index is -0.958. The molecule has 2 saturated heterocycles. The number of hydrogen-bond acceptors (Lipinski definition) is 7. The van der Waals surface area contributed by atoms with E-state index in [0.717, 1.165) is 55.2 Å². The molecule has 3 aliphatic heterocycles. The van der Waals surface area contributed by atoms with Crippen LogP contribution in [0.4, 0.5) is 11.4 Å². The Morgan fingerprint density at radius 1 is 0.932 bits per heavy atom. The molecule has 232 valence electrons. The zero-order chi connectivity index (χ0) is 31.4. The fourth-order valence-corrected chi connectivity index (χ4v) is 7.89. The van der Waals surface area contributed by atoms with Gasteiger partial charge in [-0.05, 0) is 84.9 Å². The molecular formula is C34H41N5O5. The first-order valence-corrected chi connectivity index (χ1v) is 15.6. The van der Waals surface area contributed by atoms with Crippen LogP contribution >= 0.6 is 0 Å². The minimum absolute atomic E-state index is 0.0251. The van der Waals surface area contributed by atoms with Crippen molar-refractivity contribution in [3.05, 3.63) is 59.2 Å². The highest BCUT2D eigenvalue weighted by atomic mass is 16.2. The van der Waals surface area contributed by atoms with Gasteiger partial charge in [-0.3, -0.25) is 34.2 Å². The number of benzene rings is 2. The van der Waals surface area contributed by atoms with Crippen LogP contribution in [0.25, 0.3) is 0 Å². The molecule has 1 saturated carbocycles. The lowest BCUT2D eigenvalue weighted by molar-refractivity contribution is -0.136. The second-order valence-electron chi connectivity index (χ2n) is 14.2. The lowest BCUT2D eigenvalue weighted by atomic mass is 9.52. The molecule has 4 aliphatic rings. The number of piperidine rings is 1. The maximum atomic E-state index is 13.1. The van der Waals surface area contributed by atoms with Crippen molar-refractivity contribution < 1.29 is 24.0 Å². The molecule has 1 unspecified atom stereocenters. The molecule has 3 fully saturated rings. The van der Waals surface area contributed by atoms with Gasteiger partial charge < -0.3 is 15.5 Å². The zero-order valence-electron chi connectivity index (χ0n) is 25.9. The van der Waals surface area contributed by atoms with Gasteiger partial charge in [0, 0.05) is 49.0 Å². The second kappa shape index (κ2) is 11.1. The lowest BCUT2D eigenvalue weighted by Gasteiger charge is -2.57. The van der Waals surface area contributed by atoms with Crippen LogP contribution in [-0.4, -0.2) is 66.2 Å². The van der Waals surface area contributed by atoms with Crippen molar-refractivity contribution in [3.63, 3.8) is 0 Å². The van der Waals surface area contributed by atoms with Crippen molar-refractivity contribution >= 4 is 40.9 Å². The molecule has 2 aromatic carbocycles. The van der Waals surface area contributed by atoms with Crippen molar-refractivity contribution in [2.75, 3.05) is 29.9 Å². The third kappa shape index (κ3) is 5.46. The Morgan fingerprint density at radius 2 is 1.61 bits per heavy atom. The van der Waals surface area contributed by atoms with E-state index in [1.165, 1.54) is 0 Å². The van der Waals surface area contributed by atoms with Gasteiger partial charge in [-0.15, -0.1) is 0 Å². The first kappa shape index (κ1) is 29.8. The summed E-state index contributed by atoms with van der Waals surface area (Å²) in [6.45, 7) is 11.4. The summed E-state index contributed by atoms with van der Waals surface area (Å²) in [6.07, 6.45) is 3.40. The van der Waals surface area contributed by atoms with Crippen molar-refractivity contribution in [1.29, 1.82) is 0 Å². The highest BCUT2D eigenvalue weighted by Crippen LogP contribution is 2.53. The Labute approximate surface area is 257 Å². The molecule has 0 radical (unpaired) electrons. The summed E-state index contributed by atoms with van der Waals surface area (Å²) in [5.74, 6) is -1.45. The predicted molar refractivity (Wildman–Crippen MR) is 166 cm³/mol. The summed E-state index contributed by atoms with van der Waals surface area (Å²) in [4.78, 5) is 65.9. The minimum Gasteiger partial charge on any atom is -0.385 e. The van der Waals surface area contributed by atoms with Gasteiger partial charge in [0.05, 0.1) is 11.1 Å². The van der Waals surface area contributed by atoms with Crippen molar-refractivity contribution in [1.82, 2.24) is 15.5 Å². The molecule has 44 heavy (non-hydrogen) atoms. The zero-order valence-corrected chi connectivity index (χ0v) is 25.9. The highest BCUT2D eigenvalue weighted by molar-refractivity contribution is 6.23. The molecule has 0 spiro atoms. The van der Waals surface area contributed by atoms with Crippen molar-refractivity contribution in [2.45, 2.75) is 71.9 Å². The molecule has 0 aromatic heterocycles. The highest BCUT2D eigenvalue weighted by Gasteiger charge is 2.53. The number of carbonyl (C=O) groups excluding carboxylic acids is 5. The number of rotatable bonds is 9. The number of carbonyl (C=O) groups is 5. The van der Waals surface area contributed by atoms with Gasteiger partial charge in [0.1, 0.15) is 6.04 Å². The number of nitrogens with one attached hydrogen (secondary N) is 3. The van der Waals surface area contributed by atoms with Gasteiger partial charge in [-0.2, -0.15) is 0 Å². The van der Waals surface area contributed by atoms with Gasteiger partial charge >= 0.3 is 0 Å². The van der Waals surface area contributed by atoms with Crippen molar-refractivity contribution in [3.8, 4) is 0 Å². The first-order valence-electron chi connectivity index (χ1n) is 15.6. The van der Waals surface area contributed by atoms with Crippen LogP contribution in [0.3, 0.4) is 0 Å². The normalized spacial score (nSPS) is 22.7. The monoisotopic (exact) mass is 599 g/mol. The third-order valence-corrected chi connectivity index (χ3v) is 9.76. The van der Waals surface area contributed by atoms with E-state index in [0.29, 0.717) is 22.6 Å². The molecule has 10 nitrogen and oxygen atoms in total. The molecule has 5 amide bonds. The Morgan fingerprint density at radius 3 is 2.27 bits per heavy atom. The number of imide groups is 2. The molecule has 3 N–H and O–H groups in total. The van der Waals surface area contributed by atoms with Crippen LogP contribution in [0.15, 0.2) is 42.5 Å². The average molecular weight is 600 g/mol. The maximum Gasteiger partial charge on any atom is 0.262 e. The van der Waals surface area contributed by atoms with Gasteiger partial charge in [-0.1, -0.05) is 27.7 Å². The van der Waals surface area contributed by atoms with Gasteiger partial charge in [0.2, 0.25) is 11.8 Å². The summed E-state index contributed by atoms with van der Waals surface area (Å²) in [7, 11) is 0. The smallest absolute Gasteiger partial charge is 0.262 e. The van der Waals surface area contributed by atoms with Gasteiger partial charge in [-0.25, -0.2) is 0 Å². The molecule has 2 aromatic rings. The number of anilines is 2. The van der Waals surface area contributed by atoms with Crippen LogP contribution in [0.1, 0.15) is 90.9 Å². The van der Waals surface area contributed by atoms with E-state index in [-0.39, 0.29) is 41.5 Å². The van der Waals surface area contributed by atoms with E-state index in [1.807, 2.05) is 30.3 Å². The Balaban J connectivity index is 0.940. The Bertz CT molecular complexity index is 1510. The van der Waals surface area contributed by atoms with Gasteiger partial charge in [0.15, 0.2) is 0 Å². The summed E-state index contributed by atoms with van der Waals surface area (Å²) >= 11 is 0. The van der Waals surface area contributed by atoms with Crippen LogP contribution in [-0.2, 0) is 9.59 Å². The number of fused-ring (bicyclic) bond motifs is 1. The van der Waals surface area contributed by atoms with E-state index in [2.05, 4.69) is 48.5 Å². The van der Waals surface area contributed by atoms with Crippen molar-refractivity contribution in [2.24, 2.45) is 16.7 Å². The SMILES string of the molecule is CC1(C)CC(C)(C)C1NC(=O)c1ccc(NCCCC2CN(c3ccc4c(c3)C(=O)N(C3CCC(=O)NC3=O)C4=O)C2)cc1. The fourth-order valence-electron chi connectivity index (χ4n) is 7.89. The molecule has 10 heteroatoms. The van der Waals surface area contributed by atoms with E-state index in [1.54, 1.807) is 12.1 Å². The van der Waals surface area contributed by atoms with E-state index < -0.39 is 23.8 Å². The topological polar surface area (TPSA) is 128 Å². The first-order chi connectivity index (χ1) is 20.8. The van der Waals surface area contributed by atoms with Crippen LogP contribution in [0.2, 0.25) is 0 Å². The summed E-state index contributed by atoms with van der Waals surface area (Å²) in [5.41, 5.74) is 3.38. The number of nitrogens with zero attached hydrogens (tertiary/aromatic N) is 2. The summed E-state index contributed by atoms with van der Waals surface area (Å²) in [5, 5.41) is 8.92. The Hall–Kier alpha value is -4.21. The van der Waals surface area contributed by atoms with Crippen LogP contribution in [0.5, 0.6) is 0 Å². The summed E-state index contributed by atoms with van der Waals surface area (Å²) < 4.78 is 0. The lowest BCUT2D eigenvalue weighted by Crippen LogP contribution is -2.63. The van der Waals surface area contributed by atoms with E-state index in [4.69, 9.17) is 0 Å². The second-order valence-corrected chi connectivity index (χ2v) is 14.2. The Kier molecular flexibility index (Phi) is 7.50. The quantitative estimate of drug-likeness (QED) is 0.294. The molecule has 0 bridgehead atoms. The van der Waals surface area contributed by atoms with Crippen LogP contribution in [0, 0.1) is 16.7 Å². The van der Waals surface area contributed by atoms with E-state index in [9.17, 15) is 24.0 Å². The fraction of sp³-hybridized carbons (Fsp3) is 0.500. The van der Waals surface area contributed by atoms with Crippen LogP contribution < -0.4 is 20.9 Å². The largest absolute Gasteiger partial charge is 0.385 e. The predicted octanol–water partition coefficient (Wildman–Crippen LogP) is 3.97. The standard InChI is InChI=1S/C34H41N5O5/c1-33(2)19-34(3,4)32(33)37-28(41)21-7-9-22(10-8-21)35-15-5-6-20-17-38(18-20)23-11-12-24-25(16-23)31(44)39(30(24)43)26-13-14-27(40)36-29(26)42/h7-12,16,20,26,32,35H,5-6,13-15,17-19H2,1-4H3,(H,37,41)(H,36,40,42). The molecular weight excluding hydrogens is 558 g/mol. The third-order valence-electron chi connectivity index (χ3n) is 9.76. The average Bonchev–Trinajstić information content (AvgIpc) is 3.19.